The van der Waals surface area contributed by atoms with Crippen LogP contribution in [0.15, 0.2) is 0 Å². The summed E-state index contributed by atoms with van der Waals surface area (Å²) in [7, 11) is -3.12. The summed E-state index contributed by atoms with van der Waals surface area (Å²) in [5.74, 6) is 0.157. The van der Waals surface area contributed by atoms with Crippen molar-refractivity contribution in [2.45, 2.75) is 19.8 Å². The fourth-order valence-electron chi connectivity index (χ4n) is 1.94. The molecule has 0 aromatic rings. The first-order chi connectivity index (χ1) is 9.14. The molecule has 2 N–H and O–H groups in total. The number of nitrogens with one attached hydrogen (secondary N) is 2. The van der Waals surface area contributed by atoms with E-state index in [9.17, 15) is 8.42 Å². The van der Waals surface area contributed by atoms with E-state index in [1.165, 1.54) is 0 Å². The van der Waals surface area contributed by atoms with Crippen LogP contribution in [0, 0.1) is 0 Å². The van der Waals surface area contributed by atoms with E-state index < -0.39 is 10.0 Å². The van der Waals surface area contributed by atoms with Gasteiger partial charge in [-0.3, -0.25) is 4.90 Å². The maximum absolute atomic E-state index is 11.7. The van der Waals surface area contributed by atoms with Crippen molar-refractivity contribution in [3.05, 3.63) is 0 Å². The molecule has 114 valence electrons. The van der Waals surface area contributed by atoms with Gasteiger partial charge in [-0.15, -0.1) is 0 Å². The maximum atomic E-state index is 11.7. The minimum atomic E-state index is -3.12. The largest absolute Gasteiger partial charge is 0.379 e. The molecule has 0 radical (unpaired) electrons. The Morgan fingerprint density at radius 2 is 1.89 bits per heavy atom. The first kappa shape index (κ1) is 16.8. The topological polar surface area (TPSA) is 70.7 Å². The van der Waals surface area contributed by atoms with Gasteiger partial charge in [0.1, 0.15) is 0 Å². The lowest BCUT2D eigenvalue weighted by Crippen LogP contribution is -2.38. The summed E-state index contributed by atoms with van der Waals surface area (Å²) in [6.45, 7) is 8.38. The highest BCUT2D eigenvalue weighted by molar-refractivity contribution is 7.89. The molecule has 0 aromatic carbocycles. The summed E-state index contributed by atoms with van der Waals surface area (Å²) < 4.78 is 31.2. The van der Waals surface area contributed by atoms with Gasteiger partial charge in [0.2, 0.25) is 10.0 Å². The van der Waals surface area contributed by atoms with E-state index in [4.69, 9.17) is 4.74 Å². The van der Waals surface area contributed by atoms with E-state index in [-0.39, 0.29) is 5.75 Å². The Kier molecular flexibility index (Phi) is 8.56. The molecule has 19 heavy (non-hydrogen) atoms. The predicted molar refractivity (Wildman–Crippen MR) is 76.8 cm³/mol. The van der Waals surface area contributed by atoms with E-state index in [0.29, 0.717) is 13.1 Å². The monoisotopic (exact) mass is 293 g/mol. The molecule has 0 unspecified atom stereocenters. The maximum Gasteiger partial charge on any atom is 0.212 e. The highest BCUT2D eigenvalue weighted by atomic mass is 32.2. The second-order valence-corrected chi connectivity index (χ2v) is 6.70. The van der Waals surface area contributed by atoms with Crippen molar-refractivity contribution in [1.82, 2.24) is 14.9 Å². The van der Waals surface area contributed by atoms with Crippen LogP contribution in [0.25, 0.3) is 0 Å². The Balaban J connectivity index is 2.03. The van der Waals surface area contributed by atoms with Gasteiger partial charge in [-0.1, -0.05) is 6.92 Å². The second-order valence-electron chi connectivity index (χ2n) is 4.77. The van der Waals surface area contributed by atoms with Gasteiger partial charge in [-0.2, -0.15) is 0 Å². The van der Waals surface area contributed by atoms with Crippen molar-refractivity contribution in [2.24, 2.45) is 0 Å². The average molecular weight is 293 g/mol. The number of sulfonamides is 1. The Hall–Kier alpha value is -0.210. The van der Waals surface area contributed by atoms with Gasteiger partial charge < -0.3 is 10.1 Å². The number of hydrogen-bond donors (Lipinski definition) is 2. The molecule has 1 fully saturated rings. The van der Waals surface area contributed by atoms with Crippen LogP contribution in [0.5, 0.6) is 0 Å². The zero-order valence-corrected chi connectivity index (χ0v) is 12.7. The van der Waals surface area contributed by atoms with Crippen molar-refractivity contribution in [3.63, 3.8) is 0 Å². The number of rotatable bonds is 10. The zero-order chi connectivity index (χ0) is 14.0. The third kappa shape index (κ3) is 8.54. The van der Waals surface area contributed by atoms with Crippen LogP contribution in [0.4, 0.5) is 0 Å². The van der Waals surface area contributed by atoms with Gasteiger partial charge in [-0.05, 0) is 25.9 Å². The van der Waals surface area contributed by atoms with Crippen LogP contribution in [0.2, 0.25) is 0 Å². The first-order valence-electron chi connectivity index (χ1n) is 7.12. The lowest BCUT2D eigenvalue weighted by Gasteiger charge is -2.26. The second kappa shape index (κ2) is 9.66. The molecular weight excluding hydrogens is 266 g/mol. The fraction of sp³-hybridized carbons (Fsp3) is 1.00. The summed E-state index contributed by atoms with van der Waals surface area (Å²) >= 11 is 0. The van der Waals surface area contributed by atoms with E-state index >= 15 is 0 Å². The molecule has 0 aliphatic carbocycles. The number of ether oxygens (including phenoxy) is 1. The minimum Gasteiger partial charge on any atom is -0.379 e. The van der Waals surface area contributed by atoms with Gasteiger partial charge in [0.15, 0.2) is 0 Å². The van der Waals surface area contributed by atoms with Crippen molar-refractivity contribution in [1.29, 1.82) is 0 Å². The zero-order valence-electron chi connectivity index (χ0n) is 11.9. The molecule has 0 amide bonds. The molecule has 0 spiro atoms. The van der Waals surface area contributed by atoms with Gasteiger partial charge in [0.25, 0.3) is 0 Å². The normalized spacial score (nSPS) is 17.7. The molecule has 0 bridgehead atoms. The molecule has 1 heterocycles. The third-order valence-electron chi connectivity index (χ3n) is 3.05. The van der Waals surface area contributed by atoms with E-state index in [0.717, 1.165) is 52.2 Å². The van der Waals surface area contributed by atoms with Gasteiger partial charge in [0.05, 0.1) is 19.0 Å². The lowest BCUT2D eigenvalue weighted by atomic mass is 10.3. The number of nitrogens with zero attached hydrogens (tertiary/aromatic N) is 1. The quantitative estimate of drug-likeness (QED) is 0.538. The highest BCUT2D eigenvalue weighted by Gasteiger charge is 2.11. The van der Waals surface area contributed by atoms with E-state index in [2.05, 4.69) is 21.9 Å². The van der Waals surface area contributed by atoms with Gasteiger partial charge in [-0.25, -0.2) is 13.1 Å². The Morgan fingerprint density at radius 3 is 2.58 bits per heavy atom. The predicted octanol–water partition coefficient (Wildman–Crippen LogP) is -0.372. The summed E-state index contributed by atoms with van der Waals surface area (Å²) in [4.78, 5) is 2.31. The van der Waals surface area contributed by atoms with Crippen LogP contribution in [-0.2, 0) is 14.8 Å². The van der Waals surface area contributed by atoms with Crippen molar-refractivity contribution in [2.75, 3.05) is 58.2 Å². The molecule has 0 saturated carbocycles. The van der Waals surface area contributed by atoms with Crippen LogP contribution in [0.3, 0.4) is 0 Å². The molecular formula is C12H27N3O3S. The molecule has 6 nitrogen and oxygen atoms in total. The molecule has 0 atom stereocenters. The summed E-state index contributed by atoms with van der Waals surface area (Å²) in [6, 6.07) is 0. The number of hydrogen-bond acceptors (Lipinski definition) is 5. The summed E-state index contributed by atoms with van der Waals surface area (Å²) in [5, 5.41) is 3.09. The van der Waals surface area contributed by atoms with Crippen LogP contribution in [0.1, 0.15) is 19.8 Å². The standard InChI is InChI=1S/C12H27N3O3S/c1-2-4-13-6-12-19(16,17)14-5-3-7-15-8-10-18-11-9-15/h13-14H,2-12H2,1H3. The van der Waals surface area contributed by atoms with Gasteiger partial charge in [0, 0.05) is 26.2 Å². The SMILES string of the molecule is CCCNCCS(=O)(=O)NCCCN1CCOCC1. The van der Waals surface area contributed by atoms with Gasteiger partial charge >= 0.3 is 0 Å². The number of morpholine rings is 1. The summed E-state index contributed by atoms with van der Waals surface area (Å²) in [6.07, 6.45) is 1.87. The Labute approximate surface area is 116 Å². The fourth-order valence-corrected chi connectivity index (χ4v) is 2.95. The van der Waals surface area contributed by atoms with E-state index in [1.807, 2.05) is 0 Å². The van der Waals surface area contributed by atoms with Crippen molar-refractivity contribution in [3.8, 4) is 0 Å². The average Bonchev–Trinajstić information content (AvgIpc) is 2.41. The third-order valence-corrected chi connectivity index (χ3v) is 4.44. The minimum absolute atomic E-state index is 0.157. The molecule has 1 aliphatic heterocycles. The first-order valence-corrected chi connectivity index (χ1v) is 8.77. The smallest absolute Gasteiger partial charge is 0.212 e. The Morgan fingerprint density at radius 1 is 1.16 bits per heavy atom. The highest BCUT2D eigenvalue weighted by Crippen LogP contribution is 1.97. The van der Waals surface area contributed by atoms with Crippen LogP contribution in [-0.4, -0.2) is 71.6 Å². The Bertz CT molecular complexity index is 316. The van der Waals surface area contributed by atoms with Crippen LogP contribution < -0.4 is 10.0 Å². The molecule has 7 heteroatoms. The molecule has 1 rings (SSSR count). The lowest BCUT2D eigenvalue weighted by molar-refractivity contribution is 0.0376. The molecule has 0 aromatic heterocycles. The van der Waals surface area contributed by atoms with Crippen molar-refractivity contribution < 1.29 is 13.2 Å². The van der Waals surface area contributed by atoms with E-state index in [1.54, 1.807) is 0 Å². The summed E-state index contributed by atoms with van der Waals surface area (Å²) in [5.41, 5.74) is 0. The van der Waals surface area contributed by atoms with Crippen LogP contribution >= 0.6 is 0 Å². The molecule has 1 saturated heterocycles. The molecule has 1 aliphatic rings. The van der Waals surface area contributed by atoms with Crippen molar-refractivity contribution >= 4 is 10.0 Å².